The van der Waals surface area contributed by atoms with Gasteiger partial charge in [-0.1, -0.05) is 0 Å². The highest BCUT2D eigenvalue weighted by Crippen LogP contribution is 2.28. The topological polar surface area (TPSA) is 62.3 Å². The molecule has 1 aromatic carbocycles. The van der Waals surface area contributed by atoms with Gasteiger partial charge in [-0.15, -0.1) is 0 Å². The number of benzene rings is 1. The van der Waals surface area contributed by atoms with Gasteiger partial charge in [0, 0.05) is 25.5 Å². The van der Waals surface area contributed by atoms with Gasteiger partial charge in [0.25, 0.3) is 0 Å². The maximum absolute atomic E-state index is 5.77. The van der Waals surface area contributed by atoms with Gasteiger partial charge in [0.15, 0.2) is 0 Å². The molecule has 0 saturated carbocycles. The standard InChI is InChI=1S/C11H13N3O2/c1-14-6-5-13-11(14)16-8-3-4-10(15-2)9(12)7-8/h3-7H,12H2,1-2H3. The summed E-state index contributed by atoms with van der Waals surface area (Å²) in [4.78, 5) is 4.05. The summed E-state index contributed by atoms with van der Waals surface area (Å²) in [5, 5.41) is 0. The number of aryl methyl sites for hydroxylation is 1. The molecule has 0 saturated heterocycles. The predicted molar refractivity (Wildman–Crippen MR) is 60.7 cm³/mol. The minimum Gasteiger partial charge on any atom is -0.495 e. The summed E-state index contributed by atoms with van der Waals surface area (Å²) in [6, 6.07) is 5.76. The lowest BCUT2D eigenvalue weighted by molar-refractivity contribution is 0.409. The van der Waals surface area contributed by atoms with E-state index in [9.17, 15) is 0 Å². The number of nitrogens with zero attached hydrogens (tertiary/aromatic N) is 2. The van der Waals surface area contributed by atoms with Crippen LogP contribution in [0.2, 0.25) is 0 Å². The Morgan fingerprint density at radius 3 is 2.75 bits per heavy atom. The molecule has 1 heterocycles. The minimum absolute atomic E-state index is 0.518. The van der Waals surface area contributed by atoms with E-state index < -0.39 is 0 Å². The van der Waals surface area contributed by atoms with Crippen LogP contribution in [-0.2, 0) is 7.05 Å². The van der Waals surface area contributed by atoms with E-state index in [1.54, 1.807) is 36.1 Å². The van der Waals surface area contributed by atoms with Gasteiger partial charge in [-0.3, -0.25) is 0 Å². The zero-order valence-corrected chi connectivity index (χ0v) is 9.18. The third-order valence-electron chi connectivity index (χ3n) is 2.19. The molecule has 0 spiro atoms. The van der Waals surface area contributed by atoms with Crippen LogP contribution < -0.4 is 15.2 Å². The van der Waals surface area contributed by atoms with Crippen LogP contribution in [0.25, 0.3) is 0 Å². The van der Waals surface area contributed by atoms with Crippen molar-refractivity contribution in [1.82, 2.24) is 9.55 Å². The highest BCUT2D eigenvalue weighted by Gasteiger charge is 2.05. The molecule has 0 aliphatic rings. The summed E-state index contributed by atoms with van der Waals surface area (Å²) in [6.45, 7) is 0. The number of ether oxygens (including phenoxy) is 2. The van der Waals surface area contributed by atoms with E-state index in [4.69, 9.17) is 15.2 Å². The maximum Gasteiger partial charge on any atom is 0.301 e. The summed E-state index contributed by atoms with van der Waals surface area (Å²) in [7, 11) is 3.43. The minimum atomic E-state index is 0.518. The Morgan fingerprint density at radius 1 is 1.38 bits per heavy atom. The fourth-order valence-corrected chi connectivity index (χ4v) is 1.33. The Bertz CT molecular complexity index is 494. The number of rotatable bonds is 3. The number of nitrogen functional groups attached to an aromatic ring is 1. The lowest BCUT2D eigenvalue weighted by Crippen LogP contribution is -1.96. The molecule has 2 N–H and O–H groups in total. The van der Waals surface area contributed by atoms with Gasteiger partial charge in [0.2, 0.25) is 0 Å². The van der Waals surface area contributed by atoms with Crippen LogP contribution in [0.4, 0.5) is 5.69 Å². The Balaban J connectivity index is 2.23. The van der Waals surface area contributed by atoms with Gasteiger partial charge in [-0.25, -0.2) is 4.98 Å². The molecule has 0 amide bonds. The molecule has 0 bridgehead atoms. The van der Waals surface area contributed by atoms with Crippen molar-refractivity contribution in [3.05, 3.63) is 30.6 Å². The van der Waals surface area contributed by atoms with Gasteiger partial charge in [-0.2, -0.15) is 0 Å². The van der Waals surface area contributed by atoms with Crippen molar-refractivity contribution in [1.29, 1.82) is 0 Å². The van der Waals surface area contributed by atoms with Gasteiger partial charge in [0.05, 0.1) is 12.8 Å². The summed E-state index contributed by atoms with van der Waals surface area (Å²) in [5.41, 5.74) is 6.30. The van der Waals surface area contributed by atoms with E-state index in [0.29, 0.717) is 23.2 Å². The fraction of sp³-hybridized carbons (Fsp3) is 0.182. The van der Waals surface area contributed by atoms with Crippen LogP contribution >= 0.6 is 0 Å². The zero-order valence-electron chi connectivity index (χ0n) is 9.18. The number of anilines is 1. The van der Waals surface area contributed by atoms with E-state index in [-0.39, 0.29) is 0 Å². The SMILES string of the molecule is COc1ccc(Oc2nccn2C)cc1N. The molecule has 0 aliphatic carbocycles. The van der Waals surface area contributed by atoms with E-state index in [0.717, 1.165) is 0 Å². The van der Waals surface area contributed by atoms with Crippen molar-refractivity contribution in [2.75, 3.05) is 12.8 Å². The molecule has 5 heteroatoms. The molecule has 2 aromatic rings. The molecule has 0 unspecified atom stereocenters. The van der Waals surface area contributed by atoms with Gasteiger partial charge in [0.1, 0.15) is 11.5 Å². The first-order chi connectivity index (χ1) is 7.70. The first-order valence-electron chi connectivity index (χ1n) is 4.79. The summed E-state index contributed by atoms with van der Waals surface area (Å²) in [5.74, 6) is 1.26. The zero-order chi connectivity index (χ0) is 11.5. The van der Waals surface area contributed by atoms with Crippen LogP contribution in [0.15, 0.2) is 30.6 Å². The molecule has 0 radical (unpaired) electrons. The van der Waals surface area contributed by atoms with Crippen molar-refractivity contribution in [3.8, 4) is 17.5 Å². The van der Waals surface area contributed by atoms with E-state index >= 15 is 0 Å². The average molecular weight is 219 g/mol. The Morgan fingerprint density at radius 2 is 2.19 bits per heavy atom. The van der Waals surface area contributed by atoms with Crippen LogP contribution in [0.1, 0.15) is 0 Å². The predicted octanol–water partition coefficient (Wildman–Crippen LogP) is 1.80. The van der Waals surface area contributed by atoms with E-state index in [2.05, 4.69) is 4.98 Å². The molecule has 0 fully saturated rings. The highest BCUT2D eigenvalue weighted by atomic mass is 16.5. The Hall–Kier alpha value is -2.17. The normalized spacial score (nSPS) is 10.1. The van der Waals surface area contributed by atoms with Crippen molar-refractivity contribution in [2.24, 2.45) is 7.05 Å². The summed E-state index contributed by atoms with van der Waals surface area (Å²) < 4.78 is 12.4. The van der Waals surface area contributed by atoms with Gasteiger partial charge >= 0.3 is 6.01 Å². The molecule has 0 atom stereocenters. The van der Waals surface area contributed by atoms with Crippen molar-refractivity contribution < 1.29 is 9.47 Å². The first kappa shape index (κ1) is 10.4. The van der Waals surface area contributed by atoms with Crippen molar-refractivity contribution >= 4 is 5.69 Å². The van der Waals surface area contributed by atoms with E-state index in [1.807, 2.05) is 13.2 Å². The third kappa shape index (κ3) is 1.93. The number of imidazole rings is 1. The lowest BCUT2D eigenvalue weighted by Gasteiger charge is -2.08. The van der Waals surface area contributed by atoms with Crippen LogP contribution in [0.3, 0.4) is 0 Å². The highest BCUT2D eigenvalue weighted by molar-refractivity contribution is 5.56. The van der Waals surface area contributed by atoms with Crippen molar-refractivity contribution in [3.63, 3.8) is 0 Å². The smallest absolute Gasteiger partial charge is 0.301 e. The second-order valence-corrected chi connectivity index (χ2v) is 3.33. The van der Waals surface area contributed by atoms with Gasteiger partial charge < -0.3 is 19.8 Å². The number of hydrogen-bond donors (Lipinski definition) is 1. The molecule has 2 rings (SSSR count). The second-order valence-electron chi connectivity index (χ2n) is 3.33. The molecule has 5 nitrogen and oxygen atoms in total. The lowest BCUT2D eigenvalue weighted by atomic mass is 10.3. The first-order valence-corrected chi connectivity index (χ1v) is 4.79. The molecule has 0 aliphatic heterocycles. The monoisotopic (exact) mass is 219 g/mol. The Kier molecular flexibility index (Phi) is 2.68. The summed E-state index contributed by atoms with van der Waals surface area (Å²) in [6.07, 6.45) is 3.48. The number of nitrogens with two attached hydrogens (primary N) is 1. The van der Waals surface area contributed by atoms with Gasteiger partial charge in [-0.05, 0) is 12.1 Å². The quantitative estimate of drug-likeness (QED) is 0.799. The van der Waals surface area contributed by atoms with Crippen molar-refractivity contribution in [2.45, 2.75) is 0 Å². The molecular weight excluding hydrogens is 206 g/mol. The number of methoxy groups -OCH3 is 1. The molecule has 84 valence electrons. The molecule has 1 aromatic heterocycles. The number of hydrogen-bond acceptors (Lipinski definition) is 4. The Labute approximate surface area is 93.4 Å². The third-order valence-corrected chi connectivity index (χ3v) is 2.19. The summed E-state index contributed by atoms with van der Waals surface area (Å²) >= 11 is 0. The fourth-order valence-electron chi connectivity index (χ4n) is 1.33. The second kappa shape index (κ2) is 4.14. The van der Waals surface area contributed by atoms with Crippen LogP contribution in [0, 0.1) is 0 Å². The van der Waals surface area contributed by atoms with E-state index in [1.165, 1.54) is 0 Å². The van der Waals surface area contributed by atoms with Crippen LogP contribution in [-0.4, -0.2) is 16.7 Å². The number of aromatic nitrogens is 2. The molecular formula is C11H13N3O2. The molecule has 16 heavy (non-hydrogen) atoms. The maximum atomic E-state index is 5.77. The average Bonchev–Trinajstić information content (AvgIpc) is 2.65. The van der Waals surface area contributed by atoms with Crippen LogP contribution in [0.5, 0.6) is 17.5 Å². The largest absolute Gasteiger partial charge is 0.495 e.